The zero-order valence-electron chi connectivity index (χ0n) is 12.9. The number of fused-ring (bicyclic) bond motifs is 1. The van der Waals surface area contributed by atoms with Crippen molar-refractivity contribution in [2.24, 2.45) is 0 Å². The van der Waals surface area contributed by atoms with Crippen LogP contribution in [-0.4, -0.2) is 17.0 Å². The second kappa shape index (κ2) is 6.36. The summed E-state index contributed by atoms with van der Waals surface area (Å²) in [4.78, 5) is 13.6. The van der Waals surface area contributed by atoms with E-state index >= 15 is 0 Å². The Bertz CT molecular complexity index is 800. The third-order valence-electron chi connectivity index (χ3n) is 3.86. The van der Waals surface area contributed by atoms with Gasteiger partial charge in [-0.2, -0.15) is 0 Å². The second-order valence-electron chi connectivity index (χ2n) is 5.48. The standard InChI is InChI=1S/C18H20N2OS/c1-3-9-19-17(21)16-11-14-8-10-22-18(14)20(16)12-15-7-5-4-6-13(15)2/h4-8,10-11H,3,9,12H2,1-2H3,(H,19,21). The Balaban J connectivity index is 2.01. The molecule has 0 unspecified atom stereocenters. The minimum atomic E-state index is 0.0128. The fourth-order valence-electron chi connectivity index (χ4n) is 2.61. The van der Waals surface area contributed by atoms with Crippen molar-refractivity contribution in [2.75, 3.05) is 6.54 Å². The number of nitrogens with zero attached hydrogens (tertiary/aromatic N) is 1. The summed E-state index contributed by atoms with van der Waals surface area (Å²) in [5, 5.41) is 6.20. The Labute approximate surface area is 134 Å². The van der Waals surface area contributed by atoms with E-state index in [0.717, 1.165) is 28.9 Å². The molecule has 0 saturated carbocycles. The maximum absolute atomic E-state index is 12.4. The number of carbonyl (C=O) groups excluding carboxylic acids is 1. The predicted molar refractivity (Wildman–Crippen MR) is 92.7 cm³/mol. The zero-order valence-corrected chi connectivity index (χ0v) is 13.7. The number of nitrogens with one attached hydrogen (secondary N) is 1. The van der Waals surface area contributed by atoms with Crippen LogP contribution in [0.3, 0.4) is 0 Å². The molecule has 114 valence electrons. The van der Waals surface area contributed by atoms with Gasteiger partial charge in [0.15, 0.2) is 0 Å². The molecule has 2 heterocycles. The molecule has 4 heteroatoms. The van der Waals surface area contributed by atoms with Crippen molar-refractivity contribution >= 4 is 27.5 Å². The van der Waals surface area contributed by atoms with E-state index in [1.807, 2.05) is 18.2 Å². The van der Waals surface area contributed by atoms with Crippen LogP contribution in [0.2, 0.25) is 0 Å². The predicted octanol–water partition coefficient (Wildman–Crippen LogP) is 4.20. The molecule has 0 atom stereocenters. The van der Waals surface area contributed by atoms with E-state index in [0.29, 0.717) is 6.54 Å². The van der Waals surface area contributed by atoms with E-state index in [1.165, 1.54) is 11.1 Å². The number of benzene rings is 1. The molecule has 2 aromatic heterocycles. The summed E-state index contributed by atoms with van der Waals surface area (Å²) < 4.78 is 2.13. The van der Waals surface area contributed by atoms with Gasteiger partial charge in [0.25, 0.3) is 5.91 Å². The minimum absolute atomic E-state index is 0.0128. The summed E-state index contributed by atoms with van der Waals surface area (Å²) in [5.74, 6) is 0.0128. The Hall–Kier alpha value is -2.07. The quantitative estimate of drug-likeness (QED) is 0.753. The lowest BCUT2D eigenvalue weighted by Gasteiger charge is -2.12. The van der Waals surface area contributed by atoms with Crippen LogP contribution < -0.4 is 5.32 Å². The highest BCUT2D eigenvalue weighted by Gasteiger charge is 2.16. The molecule has 3 nitrogen and oxygen atoms in total. The van der Waals surface area contributed by atoms with Crippen LogP contribution in [0.5, 0.6) is 0 Å². The Kier molecular flexibility index (Phi) is 4.29. The molecule has 1 amide bonds. The molecule has 0 spiro atoms. The maximum Gasteiger partial charge on any atom is 0.267 e. The molecule has 0 aliphatic heterocycles. The second-order valence-corrected chi connectivity index (χ2v) is 6.37. The molecule has 0 aliphatic rings. The van der Waals surface area contributed by atoms with Crippen molar-refractivity contribution in [3.8, 4) is 0 Å². The van der Waals surface area contributed by atoms with Crippen LogP contribution in [0.4, 0.5) is 0 Å². The molecule has 1 N–H and O–H groups in total. The van der Waals surface area contributed by atoms with Crippen LogP contribution in [0, 0.1) is 6.92 Å². The Morgan fingerprint density at radius 1 is 1.27 bits per heavy atom. The highest BCUT2D eigenvalue weighted by atomic mass is 32.1. The van der Waals surface area contributed by atoms with Gasteiger partial charge in [0.05, 0.1) is 0 Å². The molecule has 0 saturated heterocycles. The number of aryl methyl sites for hydroxylation is 1. The minimum Gasteiger partial charge on any atom is -0.351 e. The first-order chi connectivity index (χ1) is 10.7. The van der Waals surface area contributed by atoms with Crippen LogP contribution >= 0.6 is 11.3 Å². The number of hydrogen-bond donors (Lipinski definition) is 1. The van der Waals surface area contributed by atoms with Crippen molar-refractivity contribution in [1.29, 1.82) is 0 Å². The van der Waals surface area contributed by atoms with E-state index in [4.69, 9.17) is 0 Å². The number of carbonyl (C=O) groups is 1. The lowest BCUT2D eigenvalue weighted by atomic mass is 10.1. The molecular formula is C18H20N2OS. The van der Waals surface area contributed by atoms with Gasteiger partial charge >= 0.3 is 0 Å². The Morgan fingerprint density at radius 3 is 2.86 bits per heavy atom. The van der Waals surface area contributed by atoms with Gasteiger partial charge < -0.3 is 9.88 Å². The molecule has 3 aromatic rings. The fraction of sp³-hybridized carbons (Fsp3) is 0.278. The van der Waals surface area contributed by atoms with E-state index in [2.05, 4.69) is 47.3 Å². The lowest BCUT2D eigenvalue weighted by molar-refractivity contribution is 0.0945. The highest BCUT2D eigenvalue weighted by Crippen LogP contribution is 2.27. The number of aromatic nitrogens is 1. The third-order valence-corrected chi connectivity index (χ3v) is 4.81. The normalized spacial score (nSPS) is 11.0. The van der Waals surface area contributed by atoms with Gasteiger partial charge in [-0.1, -0.05) is 31.2 Å². The van der Waals surface area contributed by atoms with Crippen molar-refractivity contribution < 1.29 is 4.79 Å². The van der Waals surface area contributed by atoms with Gasteiger partial charge in [0.1, 0.15) is 10.5 Å². The topological polar surface area (TPSA) is 34.0 Å². The van der Waals surface area contributed by atoms with Crippen molar-refractivity contribution in [1.82, 2.24) is 9.88 Å². The van der Waals surface area contributed by atoms with Gasteiger partial charge in [-0.05, 0) is 42.0 Å². The molecular weight excluding hydrogens is 292 g/mol. The SMILES string of the molecule is CCCNC(=O)c1cc2ccsc2n1Cc1ccccc1C. The molecule has 1 aromatic carbocycles. The van der Waals surface area contributed by atoms with Gasteiger partial charge in [-0.3, -0.25) is 4.79 Å². The molecule has 0 radical (unpaired) electrons. The summed E-state index contributed by atoms with van der Waals surface area (Å²) in [5.41, 5.74) is 3.25. The summed E-state index contributed by atoms with van der Waals surface area (Å²) >= 11 is 1.68. The molecule has 0 fully saturated rings. The van der Waals surface area contributed by atoms with Crippen molar-refractivity contribution in [3.05, 3.63) is 58.6 Å². The third kappa shape index (κ3) is 2.79. The summed E-state index contributed by atoms with van der Waals surface area (Å²) in [6.07, 6.45) is 0.943. The first-order valence-electron chi connectivity index (χ1n) is 7.60. The number of rotatable bonds is 5. The summed E-state index contributed by atoms with van der Waals surface area (Å²) in [6, 6.07) is 12.4. The summed E-state index contributed by atoms with van der Waals surface area (Å²) in [6.45, 7) is 5.61. The smallest absolute Gasteiger partial charge is 0.267 e. The van der Waals surface area contributed by atoms with Gasteiger partial charge in [-0.15, -0.1) is 11.3 Å². The highest BCUT2D eigenvalue weighted by molar-refractivity contribution is 7.16. The van der Waals surface area contributed by atoms with Crippen LogP contribution in [0.1, 0.15) is 35.0 Å². The van der Waals surface area contributed by atoms with E-state index in [9.17, 15) is 4.79 Å². The van der Waals surface area contributed by atoms with Crippen molar-refractivity contribution in [3.63, 3.8) is 0 Å². The van der Waals surface area contributed by atoms with Gasteiger partial charge in [0.2, 0.25) is 0 Å². The molecule has 22 heavy (non-hydrogen) atoms. The number of thiophene rings is 1. The lowest BCUT2D eigenvalue weighted by Crippen LogP contribution is -2.26. The number of amides is 1. The van der Waals surface area contributed by atoms with Crippen LogP contribution in [0.25, 0.3) is 10.2 Å². The Morgan fingerprint density at radius 2 is 2.09 bits per heavy atom. The average molecular weight is 312 g/mol. The largest absolute Gasteiger partial charge is 0.351 e. The van der Waals surface area contributed by atoms with Gasteiger partial charge in [-0.25, -0.2) is 0 Å². The summed E-state index contributed by atoms with van der Waals surface area (Å²) in [7, 11) is 0. The zero-order chi connectivity index (χ0) is 15.5. The van der Waals surface area contributed by atoms with Crippen molar-refractivity contribution in [2.45, 2.75) is 26.8 Å². The van der Waals surface area contributed by atoms with E-state index in [1.54, 1.807) is 11.3 Å². The van der Waals surface area contributed by atoms with Gasteiger partial charge in [0, 0.05) is 18.5 Å². The average Bonchev–Trinajstić information content (AvgIpc) is 3.09. The molecule has 0 aliphatic carbocycles. The fourth-order valence-corrected chi connectivity index (χ4v) is 3.50. The number of hydrogen-bond acceptors (Lipinski definition) is 2. The van der Waals surface area contributed by atoms with Crippen LogP contribution in [0.15, 0.2) is 41.8 Å². The maximum atomic E-state index is 12.4. The van der Waals surface area contributed by atoms with E-state index < -0.39 is 0 Å². The van der Waals surface area contributed by atoms with E-state index in [-0.39, 0.29) is 5.91 Å². The molecule has 3 rings (SSSR count). The molecule has 0 bridgehead atoms. The van der Waals surface area contributed by atoms with Crippen LogP contribution in [-0.2, 0) is 6.54 Å². The monoisotopic (exact) mass is 312 g/mol. The first kappa shape index (κ1) is 14.9. The first-order valence-corrected chi connectivity index (χ1v) is 8.48.